The third-order valence-electron chi connectivity index (χ3n) is 2.65. The average molecular weight is 277 g/mol. The van der Waals surface area contributed by atoms with Gasteiger partial charge in [0.15, 0.2) is 0 Å². The van der Waals surface area contributed by atoms with Crippen LogP contribution >= 0.6 is 0 Å². The number of rotatable bonds is 4. The Balaban J connectivity index is 2.38. The van der Waals surface area contributed by atoms with Crippen molar-refractivity contribution in [2.24, 2.45) is 0 Å². The fraction of sp³-hybridized carbons (Fsp3) is 0.143. The second kappa shape index (κ2) is 5.32. The fourth-order valence-electron chi connectivity index (χ4n) is 1.70. The topological polar surface area (TPSA) is 55.4 Å². The Labute approximate surface area is 113 Å². The molecular formula is C14H15NO3S. The summed E-state index contributed by atoms with van der Waals surface area (Å²) in [6.45, 7) is 1.89. The zero-order chi connectivity index (χ0) is 13.9. The van der Waals surface area contributed by atoms with Crippen LogP contribution in [0.15, 0.2) is 53.4 Å². The normalized spacial score (nSPS) is 11.1. The van der Waals surface area contributed by atoms with Gasteiger partial charge in [-0.3, -0.25) is 4.72 Å². The molecule has 0 radical (unpaired) electrons. The second-order valence-electron chi connectivity index (χ2n) is 4.12. The minimum absolute atomic E-state index is 0.221. The zero-order valence-electron chi connectivity index (χ0n) is 10.8. The van der Waals surface area contributed by atoms with E-state index in [0.29, 0.717) is 11.4 Å². The van der Waals surface area contributed by atoms with Crippen LogP contribution in [0.25, 0.3) is 0 Å². The highest BCUT2D eigenvalue weighted by atomic mass is 32.2. The summed E-state index contributed by atoms with van der Waals surface area (Å²) in [4.78, 5) is 0.221. The van der Waals surface area contributed by atoms with Gasteiger partial charge in [-0.15, -0.1) is 0 Å². The Hall–Kier alpha value is -2.01. The lowest BCUT2D eigenvalue weighted by Crippen LogP contribution is -2.13. The van der Waals surface area contributed by atoms with Gasteiger partial charge < -0.3 is 4.74 Å². The summed E-state index contributed by atoms with van der Waals surface area (Å²) in [5.74, 6) is 0.491. The van der Waals surface area contributed by atoms with Crippen LogP contribution < -0.4 is 9.46 Å². The Kier molecular flexibility index (Phi) is 3.76. The van der Waals surface area contributed by atoms with E-state index in [1.165, 1.54) is 7.11 Å². The van der Waals surface area contributed by atoms with E-state index in [1.807, 2.05) is 13.0 Å². The molecule has 5 heteroatoms. The highest BCUT2D eigenvalue weighted by molar-refractivity contribution is 7.92. The first-order chi connectivity index (χ1) is 9.03. The standard InChI is InChI=1S/C14H15NO3S/c1-11-8-9-14(18-2)13(10-11)15-19(16,17)12-6-4-3-5-7-12/h3-10,15H,1-2H3. The quantitative estimate of drug-likeness (QED) is 0.935. The van der Waals surface area contributed by atoms with Crippen molar-refractivity contribution >= 4 is 15.7 Å². The molecule has 0 aliphatic rings. The van der Waals surface area contributed by atoms with E-state index in [2.05, 4.69) is 4.72 Å². The molecule has 100 valence electrons. The third-order valence-corrected chi connectivity index (χ3v) is 4.03. The van der Waals surface area contributed by atoms with Crippen LogP contribution in [0.3, 0.4) is 0 Å². The van der Waals surface area contributed by atoms with Crippen LogP contribution in [0.5, 0.6) is 5.75 Å². The molecule has 0 atom stereocenters. The van der Waals surface area contributed by atoms with E-state index in [1.54, 1.807) is 42.5 Å². The van der Waals surface area contributed by atoms with Crippen molar-refractivity contribution in [3.63, 3.8) is 0 Å². The first-order valence-electron chi connectivity index (χ1n) is 5.75. The second-order valence-corrected chi connectivity index (χ2v) is 5.80. The summed E-state index contributed by atoms with van der Waals surface area (Å²) in [6, 6.07) is 13.6. The Morgan fingerprint density at radius 2 is 1.74 bits per heavy atom. The molecule has 0 heterocycles. The molecule has 0 amide bonds. The number of anilines is 1. The van der Waals surface area contributed by atoms with Crippen molar-refractivity contribution in [2.75, 3.05) is 11.8 Å². The van der Waals surface area contributed by atoms with Crippen LogP contribution in [-0.2, 0) is 10.0 Å². The van der Waals surface area contributed by atoms with Crippen molar-refractivity contribution in [3.8, 4) is 5.75 Å². The van der Waals surface area contributed by atoms with Crippen molar-refractivity contribution in [3.05, 3.63) is 54.1 Å². The van der Waals surface area contributed by atoms with Gasteiger partial charge in [0.25, 0.3) is 10.0 Å². The number of hydrogen-bond acceptors (Lipinski definition) is 3. The van der Waals surface area contributed by atoms with Gasteiger partial charge >= 0.3 is 0 Å². The van der Waals surface area contributed by atoms with E-state index in [0.717, 1.165) is 5.56 Å². The minimum atomic E-state index is -3.59. The molecule has 1 N–H and O–H groups in total. The first kappa shape index (κ1) is 13.4. The summed E-state index contributed by atoms with van der Waals surface area (Å²) in [6.07, 6.45) is 0. The molecule has 0 aliphatic carbocycles. The number of sulfonamides is 1. The molecule has 0 aromatic heterocycles. The van der Waals surface area contributed by atoms with Gasteiger partial charge in [0.05, 0.1) is 17.7 Å². The number of methoxy groups -OCH3 is 1. The predicted molar refractivity (Wildman–Crippen MR) is 75.0 cm³/mol. The molecule has 19 heavy (non-hydrogen) atoms. The third kappa shape index (κ3) is 3.06. The number of benzene rings is 2. The molecule has 0 bridgehead atoms. The lowest BCUT2D eigenvalue weighted by molar-refractivity contribution is 0.417. The monoisotopic (exact) mass is 277 g/mol. The van der Waals surface area contributed by atoms with Crippen molar-refractivity contribution in [1.82, 2.24) is 0 Å². The maximum absolute atomic E-state index is 12.2. The summed E-state index contributed by atoms with van der Waals surface area (Å²) in [5.41, 5.74) is 1.39. The van der Waals surface area contributed by atoms with Gasteiger partial charge in [0, 0.05) is 0 Å². The molecule has 2 rings (SSSR count). The zero-order valence-corrected chi connectivity index (χ0v) is 11.6. The van der Waals surface area contributed by atoms with E-state index in [4.69, 9.17) is 4.74 Å². The molecule has 0 aliphatic heterocycles. The lowest BCUT2D eigenvalue weighted by Gasteiger charge is -2.12. The largest absolute Gasteiger partial charge is 0.495 e. The number of nitrogens with one attached hydrogen (secondary N) is 1. The SMILES string of the molecule is COc1ccc(C)cc1NS(=O)(=O)c1ccccc1. The van der Waals surface area contributed by atoms with Crippen molar-refractivity contribution in [2.45, 2.75) is 11.8 Å². The fourth-order valence-corrected chi connectivity index (χ4v) is 2.79. The summed E-state index contributed by atoms with van der Waals surface area (Å²) in [5, 5.41) is 0. The Bertz CT molecular complexity index is 666. The molecule has 0 unspecified atom stereocenters. The van der Waals surface area contributed by atoms with Gasteiger partial charge in [0.2, 0.25) is 0 Å². The number of hydrogen-bond donors (Lipinski definition) is 1. The van der Waals surface area contributed by atoms with Crippen LogP contribution in [0.1, 0.15) is 5.56 Å². The van der Waals surface area contributed by atoms with Gasteiger partial charge in [0.1, 0.15) is 5.75 Å². The summed E-state index contributed by atoms with van der Waals surface area (Å²) >= 11 is 0. The molecule has 0 saturated carbocycles. The van der Waals surface area contributed by atoms with E-state index in [-0.39, 0.29) is 4.90 Å². The van der Waals surface area contributed by atoms with Gasteiger partial charge in [-0.25, -0.2) is 8.42 Å². The summed E-state index contributed by atoms with van der Waals surface area (Å²) in [7, 11) is -2.09. The average Bonchev–Trinajstić information content (AvgIpc) is 2.39. The van der Waals surface area contributed by atoms with Crippen molar-refractivity contribution in [1.29, 1.82) is 0 Å². The van der Waals surface area contributed by atoms with E-state index >= 15 is 0 Å². The van der Waals surface area contributed by atoms with Crippen LogP contribution in [-0.4, -0.2) is 15.5 Å². The van der Waals surface area contributed by atoms with Gasteiger partial charge in [-0.1, -0.05) is 24.3 Å². The minimum Gasteiger partial charge on any atom is -0.495 e. The molecule has 2 aromatic rings. The van der Waals surface area contributed by atoms with Gasteiger partial charge in [-0.2, -0.15) is 0 Å². The first-order valence-corrected chi connectivity index (χ1v) is 7.24. The number of aryl methyl sites for hydroxylation is 1. The molecular weight excluding hydrogens is 262 g/mol. The maximum Gasteiger partial charge on any atom is 0.262 e. The molecule has 0 fully saturated rings. The van der Waals surface area contributed by atoms with Crippen LogP contribution in [0.2, 0.25) is 0 Å². The predicted octanol–water partition coefficient (Wildman–Crippen LogP) is 2.80. The van der Waals surface area contributed by atoms with Crippen LogP contribution in [0.4, 0.5) is 5.69 Å². The highest BCUT2D eigenvalue weighted by Gasteiger charge is 2.15. The molecule has 0 saturated heterocycles. The maximum atomic E-state index is 12.2. The summed E-state index contributed by atoms with van der Waals surface area (Å²) < 4.78 is 32.1. The number of ether oxygens (including phenoxy) is 1. The van der Waals surface area contributed by atoms with Gasteiger partial charge in [-0.05, 0) is 36.8 Å². The van der Waals surface area contributed by atoms with E-state index in [9.17, 15) is 8.42 Å². The molecule has 2 aromatic carbocycles. The molecule has 4 nitrogen and oxygen atoms in total. The lowest BCUT2D eigenvalue weighted by atomic mass is 10.2. The molecule has 0 spiro atoms. The highest BCUT2D eigenvalue weighted by Crippen LogP contribution is 2.27. The smallest absolute Gasteiger partial charge is 0.262 e. The van der Waals surface area contributed by atoms with Crippen molar-refractivity contribution < 1.29 is 13.2 Å². The Morgan fingerprint density at radius 1 is 1.05 bits per heavy atom. The van der Waals surface area contributed by atoms with E-state index < -0.39 is 10.0 Å². The Morgan fingerprint density at radius 3 is 2.37 bits per heavy atom. The van der Waals surface area contributed by atoms with Crippen LogP contribution in [0, 0.1) is 6.92 Å².